The van der Waals surface area contributed by atoms with Crippen molar-refractivity contribution in [2.45, 2.75) is 5.66 Å². The third kappa shape index (κ3) is 4.57. The lowest BCUT2D eigenvalue weighted by Crippen LogP contribution is -2.33. The maximum absolute atomic E-state index is 13.3. The molecule has 0 aliphatic rings. The van der Waals surface area contributed by atoms with Gasteiger partial charge in [0.05, 0.1) is 35.5 Å². The Morgan fingerprint density at radius 1 is 0.786 bits per heavy atom. The van der Waals surface area contributed by atoms with E-state index in [2.05, 4.69) is 0 Å². The molecule has 0 saturated carbocycles. The van der Waals surface area contributed by atoms with E-state index < -0.39 is 31.1 Å². The van der Waals surface area contributed by atoms with Gasteiger partial charge < -0.3 is 32.7 Å². The molecule has 1 atom stereocenters. The second-order valence-electron chi connectivity index (χ2n) is 5.33. The molecule has 1 aromatic rings. The van der Waals surface area contributed by atoms with E-state index in [0.717, 1.165) is 28.4 Å². The number of benzene rings is 1. The molecule has 0 N–H and O–H groups in total. The third-order valence-corrected chi connectivity index (χ3v) is 6.40. The van der Waals surface area contributed by atoms with Gasteiger partial charge in [-0.25, -0.2) is 0 Å². The number of carbonyl (C=O) groups excluding carboxylic acids is 2. The van der Waals surface area contributed by atoms with Gasteiger partial charge in [-0.1, -0.05) is 0 Å². The maximum atomic E-state index is 13.3. The van der Waals surface area contributed by atoms with E-state index in [1.54, 1.807) is 0 Å². The van der Waals surface area contributed by atoms with Crippen molar-refractivity contribution in [2.75, 3.05) is 49.8 Å². The Morgan fingerprint density at radius 2 is 1.21 bits per heavy atom. The molecule has 0 heterocycles. The minimum Gasteiger partial charge on any atom is -0.493 e. The number of carbonyl (C=O) groups is 2. The van der Waals surface area contributed by atoms with Crippen LogP contribution in [0.25, 0.3) is 0 Å². The van der Waals surface area contributed by atoms with Crippen LogP contribution in [0.5, 0.6) is 17.2 Å². The van der Waals surface area contributed by atoms with Crippen molar-refractivity contribution < 1.29 is 46.9 Å². The summed E-state index contributed by atoms with van der Waals surface area (Å²) in [6, 6.07) is 2.88. The highest BCUT2D eigenvalue weighted by Gasteiger charge is 2.50. The largest absolute Gasteiger partial charge is 0.493 e. The van der Waals surface area contributed by atoms with Crippen LogP contribution in [-0.2, 0) is 32.7 Å². The van der Waals surface area contributed by atoms with E-state index in [1.807, 2.05) is 0 Å². The van der Waals surface area contributed by atoms with E-state index in [-0.39, 0.29) is 22.8 Å². The Balaban J connectivity index is 3.85. The highest BCUT2D eigenvalue weighted by Crippen LogP contribution is 2.64. The quantitative estimate of drug-likeness (QED) is 0.317. The van der Waals surface area contributed by atoms with Crippen molar-refractivity contribution in [3.8, 4) is 17.2 Å². The van der Waals surface area contributed by atoms with Gasteiger partial charge in [-0.3, -0.25) is 14.2 Å². The topological polar surface area (TPSA) is 116 Å². The summed E-state index contributed by atoms with van der Waals surface area (Å²) in [6.45, 7) is 0. The van der Waals surface area contributed by atoms with E-state index in [1.165, 1.54) is 33.5 Å². The van der Waals surface area contributed by atoms with E-state index in [0.29, 0.717) is 0 Å². The normalized spacial score (nSPS) is 12.3. The summed E-state index contributed by atoms with van der Waals surface area (Å²) < 4.78 is 48.8. The maximum Gasteiger partial charge on any atom is 0.339 e. The fraction of sp³-hybridized carbons (Fsp3) is 0.529. The summed E-state index contributed by atoms with van der Waals surface area (Å²) in [7, 11) is 4.62. The van der Waals surface area contributed by atoms with Crippen LogP contribution in [0.15, 0.2) is 12.1 Å². The van der Waals surface area contributed by atoms with Gasteiger partial charge in [0.1, 0.15) is 5.66 Å². The molecule has 1 aromatic carbocycles. The molecular weight excluding hydrogens is 395 g/mol. The Hall–Kier alpha value is -2.29. The smallest absolute Gasteiger partial charge is 0.339 e. The predicted octanol–water partition coefficient (Wildman–Crippen LogP) is 2.20. The van der Waals surface area contributed by atoms with E-state index >= 15 is 0 Å². The molecule has 0 spiro atoms. The second kappa shape index (κ2) is 10.3. The number of rotatable bonds is 10. The zero-order chi connectivity index (χ0) is 21.5. The van der Waals surface area contributed by atoms with Crippen LogP contribution in [-0.4, -0.2) is 61.7 Å². The van der Waals surface area contributed by atoms with Crippen LogP contribution in [0.3, 0.4) is 0 Å². The first-order valence-electron chi connectivity index (χ1n) is 7.95. The molecule has 0 amide bonds. The van der Waals surface area contributed by atoms with Gasteiger partial charge in [0, 0.05) is 14.2 Å². The zero-order valence-electron chi connectivity index (χ0n) is 16.8. The fourth-order valence-electron chi connectivity index (χ4n) is 2.74. The number of ether oxygens (including phenoxy) is 5. The summed E-state index contributed by atoms with van der Waals surface area (Å²) in [4.78, 5) is 24.8. The van der Waals surface area contributed by atoms with E-state index in [4.69, 9.17) is 32.7 Å². The van der Waals surface area contributed by atoms with Crippen LogP contribution >= 0.6 is 7.60 Å². The van der Waals surface area contributed by atoms with Crippen LogP contribution in [0.4, 0.5) is 0 Å². The SMILES string of the molecule is COC(=O)C(C(=O)OC)[C@@H](c1cc(OC)c(OC)c(OC)c1)P(=O)(OC)OC. The molecule has 0 aliphatic heterocycles. The molecule has 0 saturated heterocycles. The van der Waals surface area contributed by atoms with Gasteiger partial charge in [0.2, 0.25) is 5.75 Å². The van der Waals surface area contributed by atoms with Gasteiger partial charge in [-0.2, -0.15) is 0 Å². The summed E-state index contributed by atoms with van der Waals surface area (Å²) in [5.41, 5.74) is -1.21. The van der Waals surface area contributed by atoms with E-state index in [9.17, 15) is 14.2 Å². The number of methoxy groups -OCH3 is 5. The molecule has 28 heavy (non-hydrogen) atoms. The second-order valence-corrected chi connectivity index (χ2v) is 7.70. The van der Waals surface area contributed by atoms with Crippen LogP contribution in [0.1, 0.15) is 11.2 Å². The monoisotopic (exact) mass is 420 g/mol. The van der Waals surface area contributed by atoms with Crippen LogP contribution in [0, 0.1) is 5.92 Å². The van der Waals surface area contributed by atoms with Crippen molar-refractivity contribution in [1.82, 2.24) is 0 Å². The molecular formula is C17H25O10P. The minimum atomic E-state index is -4.04. The van der Waals surface area contributed by atoms with Crippen molar-refractivity contribution in [3.63, 3.8) is 0 Å². The molecule has 11 heteroatoms. The highest BCUT2D eigenvalue weighted by molar-refractivity contribution is 7.54. The standard InChI is InChI=1S/C17H25O10P/c1-21-11-8-10(9-12(22-2)14(11)23-3)15(28(20,26-6)27-7)13(16(18)24-4)17(19)25-5/h8-9,13,15H,1-7H3/t15-/m1/s1. The molecule has 0 aliphatic carbocycles. The molecule has 0 fully saturated rings. The number of hydrogen-bond donors (Lipinski definition) is 0. The Bertz CT molecular complexity index is 698. The van der Waals surface area contributed by atoms with Crippen LogP contribution < -0.4 is 14.2 Å². The summed E-state index contributed by atoms with van der Waals surface area (Å²) in [5, 5.41) is 0. The third-order valence-electron chi connectivity index (χ3n) is 4.10. The van der Waals surface area contributed by atoms with Crippen LogP contribution in [0.2, 0.25) is 0 Å². The summed E-state index contributed by atoms with van der Waals surface area (Å²) in [6.07, 6.45) is 0. The van der Waals surface area contributed by atoms with Gasteiger partial charge in [0.25, 0.3) is 0 Å². The molecule has 0 radical (unpaired) electrons. The van der Waals surface area contributed by atoms with Crippen molar-refractivity contribution in [2.24, 2.45) is 5.92 Å². The molecule has 0 bridgehead atoms. The molecule has 0 aromatic heterocycles. The summed E-state index contributed by atoms with van der Waals surface area (Å²) >= 11 is 0. The Morgan fingerprint density at radius 3 is 1.50 bits per heavy atom. The fourth-order valence-corrected chi connectivity index (χ4v) is 4.47. The average molecular weight is 420 g/mol. The van der Waals surface area contributed by atoms with Gasteiger partial charge in [-0.15, -0.1) is 0 Å². The van der Waals surface area contributed by atoms with Crippen molar-refractivity contribution >= 4 is 19.5 Å². The van der Waals surface area contributed by atoms with Gasteiger partial charge in [0.15, 0.2) is 17.4 Å². The minimum absolute atomic E-state index is 0.197. The van der Waals surface area contributed by atoms with Gasteiger partial charge >= 0.3 is 19.5 Å². The molecule has 1 rings (SSSR count). The average Bonchev–Trinajstić information content (AvgIpc) is 2.74. The first-order valence-corrected chi connectivity index (χ1v) is 9.56. The highest BCUT2D eigenvalue weighted by atomic mass is 31.2. The summed E-state index contributed by atoms with van der Waals surface area (Å²) in [5.74, 6) is -2.88. The first-order chi connectivity index (χ1) is 13.3. The number of hydrogen-bond acceptors (Lipinski definition) is 10. The lowest BCUT2D eigenvalue weighted by molar-refractivity contribution is -0.159. The van der Waals surface area contributed by atoms with Crippen molar-refractivity contribution in [3.05, 3.63) is 17.7 Å². The molecule has 10 nitrogen and oxygen atoms in total. The van der Waals surface area contributed by atoms with Crippen molar-refractivity contribution in [1.29, 1.82) is 0 Å². The van der Waals surface area contributed by atoms with Gasteiger partial charge in [-0.05, 0) is 17.7 Å². The first kappa shape index (κ1) is 23.7. The molecule has 158 valence electrons. The Kier molecular flexibility index (Phi) is 8.74. The number of esters is 2. The molecule has 0 unspecified atom stereocenters. The Labute approximate surface area is 163 Å². The zero-order valence-corrected chi connectivity index (χ0v) is 17.7. The lowest BCUT2D eigenvalue weighted by Gasteiger charge is -2.29. The lowest BCUT2D eigenvalue weighted by atomic mass is 9.97. The predicted molar refractivity (Wildman–Crippen MR) is 98.0 cm³/mol.